The highest BCUT2D eigenvalue weighted by atomic mass is 16.7. The van der Waals surface area contributed by atoms with Gasteiger partial charge in [0, 0.05) is 57.3 Å². The minimum absolute atomic E-state index is 0.0719. The fourth-order valence-electron chi connectivity index (χ4n) is 6.38. The van der Waals surface area contributed by atoms with Crippen LogP contribution in [0.1, 0.15) is 33.5 Å². The number of aromatic hydroxyl groups is 3. The Morgan fingerprint density at radius 1 is 0.804 bits per heavy atom. The normalized spacial score (nSPS) is 22.8. The van der Waals surface area contributed by atoms with Gasteiger partial charge in [-0.3, -0.25) is 14.6 Å². The zero-order valence-electron chi connectivity index (χ0n) is 28.8. The molecule has 0 aromatic heterocycles. The number of carbonyl (C=O) groups is 1. The second kappa shape index (κ2) is 16.8. The highest BCUT2D eigenvalue weighted by Gasteiger charge is 2.45. The molecule has 0 unspecified atom stereocenters. The fraction of sp³-hybridized carbons (Fsp3) is 0.472. The number of aryl methyl sites for hydroxylation is 1. The molecular weight excluding hydrogens is 668 g/mol. The van der Waals surface area contributed by atoms with Crippen LogP contribution in [0.15, 0.2) is 42.5 Å². The standard InChI is InChI=1S/C36H46N2O13/c1-47-26-11-7-21(34(48-2)35(26)49-3)17-37-12-14-38(15-13-37)18-23-25(42)16-27(50-36-33(46)32(45)31(44)28(19-39)51-36)29(30(23)43)24(41)10-6-20-4-8-22(40)9-5-20/h4-5,7-9,11,16,28,31-33,36,39-40,42-46H,6,10,12-15,17-19H2,1-3H3/t28-,31-,32+,33-,36-/m1/s1. The van der Waals surface area contributed by atoms with Gasteiger partial charge in [-0.25, -0.2) is 0 Å². The van der Waals surface area contributed by atoms with Gasteiger partial charge in [0.25, 0.3) is 0 Å². The highest BCUT2D eigenvalue weighted by Crippen LogP contribution is 2.42. The van der Waals surface area contributed by atoms with Crippen LogP contribution in [-0.4, -0.2) is 136 Å². The molecule has 3 aromatic carbocycles. The summed E-state index contributed by atoms with van der Waals surface area (Å²) in [6.07, 6.45) is -7.96. The summed E-state index contributed by atoms with van der Waals surface area (Å²) in [5, 5.41) is 73.0. The van der Waals surface area contributed by atoms with Gasteiger partial charge in [0.15, 0.2) is 17.3 Å². The van der Waals surface area contributed by atoms with Gasteiger partial charge in [0.05, 0.1) is 33.5 Å². The van der Waals surface area contributed by atoms with E-state index in [9.17, 15) is 40.5 Å². The van der Waals surface area contributed by atoms with Crippen LogP contribution in [0.2, 0.25) is 0 Å². The quantitative estimate of drug-likeness (QED) is 0.117. The molecule has 3 aromatic rings. The smallest absolute Gasteiger partial charge is 0.229 e. The minimum Gasteiger partial charge on any atom is -0.508 e. The van der Waals surface area contributed by atoms with Crippen molar-refractivity contribution in [3.63, 3.8) is 0 Å². The summed E-state index contributed by atoms with van der Waals surface area (Å²) in [6, 6.07) is 11.2. The van der Waals surface area contributed by atoms with Crippen molar-refractivity contribution in [3.05, 3.63) is 64.7 Å². The van der Waals surface area contributed by atoms with Gasteiger partial charge in [-0.05, 0) is 30.2 Å². The van der Waals surface area contributed by atoms with E-state index in [0.717, 1.165) is 17.2 Å². The molecule has 0 radical (unpaired) electrons. The lowest BCUT2D eigenvalue weighted by Gasteiger charge is -2.39. The summed E-state index contributed by atoms with van der Waals surface area (Å²) in [4.78, 5) is 18.0. The summed E-state index contributed by atoms with van der Waals surface area (Å²) in [6.45, 7) is 2.42. The number of aliphatic hydroxyl groups excluding tert-OH is 4. The van der Waals surface area contributed by atoms with Gasteiger partial charge >= 0.3 is 0 Å². The topological polar surface area (TPSA) is 211 Å². The first-order chi connectivity index (χ1) is 24.5. The number of hydrogen-bond acceptors (Lipinski definition) is 15. The van der Waals surface area contributed by atoms with Gasteiger partial charge in [0.2, 0.25) is 12.0 Å². The predicted molar refractivity (Wildman–Crippen MR) is 182 cm³/mol. The van der Waals surface area contributed by atoms with Crippen molar-refractivity contribution in [2.45, 2.75) is 56.6 Å². The third kappa shape index (κ3) is 8.42. The first-order valence-corrected chi connectivity index (χ1v) is 16.6. The number of ketones is 1. The SMILES string of the molecule is COc1ccc(CN2CCN(Cc3c(O)cc(O[C@@H]4O[C@H](CO)[C@@H](O)[C@H](O)[C@H]4O)c(C(=O)CCc4ccc(O)cc4)c3O)CC2)c(OC)c1OC. The van der Waals surface area contributed by atoms with E-state index in [0.29, 0.717) is 50.0 Å². The number of nitrogens with zero attached hydrogens (tertiary/aromatic N) is 2. The first-order valence-electron chi connectivity index (χ1n) is 16.6. The summed E-state index contributed by atoms with van der Waals surface area (Å²) < 4.78 is 27.8. The lowest BCUT2D eigenvalue weighted by Crippen LogP contribution is -2.60. The molecule has 2 aliphatic heterocycles. The molecule has 5 rings (SSSR count). The molecule has 51 heavy (non-hydrogen) atoms. The molecule has 0 spiro atoms. The number of phenolic OH excluding ortho intramolecular Hbond substituents is 3. The Hall–Kier alpha value is -4.35. The second-order valence-corrected chi connectivity index (χ2v) is 12.5. The summed E-state index contributed by atoms with van der Waals surface area (Å²) >= 11 is 0. The summed E-state index contributed by atoms with van der Waals surface area (Å²) in [5.41, 5.74) is 1.50. The molecule has 2 aliphatic rings. The molecule has 2 saturated heterocycles. The van der Waals surface area contributed by atoms with Crippen LogP contribution < -0.4 is 18.9 Å². The zero-order chi connectivity index (χ0) is 36.8. The molecule has 278 valence electrons. The van der Waals surface area contributed by atoms with E-state index in [-0.39, 0.29) is 47.8 Å². The lowest BCUT2D eigenvalue weighted by molar-refractivity contribution is -0.277. The molecular formula is C36H46N2O13. The van der Waals surface area contributed by atoms with E-state index in [1.807, 2.05) is 17.0 Å². The molecule has 15 heteroatoms. The van der Waals surface area contributed by atoms with Gasteiger partial charge in [-0.2, -0.15) is 0 Å². The number of hydrogen-bond donors (Lipinski definition) is 7. The molecule has 15 nitrogen and oxygen atoms in total. The Morgan fingerprint density at radius 2 is 1.45 bits per heavy atom. The van der Waals surface area contributed by atoms with Crippen LogP contribution in [0.3, 0.4) is 0 Å². The Morgan fingerprint density at radius 3 is 2.06 bits per heavy atom. The molecule has 5 atom stereocenters. The van der Waals surface area contributed by atoms with Crippen LogP contribution >= 0.6 is 0 Å². The van der Waals surface area contributed by atoms with Crippen molar-refractivity contribution in [3.8, 4) is 40.2 Å². The number of benzene rings is 3. The maximum Gasteiger partial charge on any atom is 0.229 e. The number of phenols is 3. The maximum atomic E-state index is 13.7. The molecule has 0 amide bonds. The Labute approximate surface area is 295 Å². The van der Waals surface area contributed by atoms with Crippen molar-refractivity contribution >= 4 is 5.78 Å². The largest absolute Gasteiger partial charge is 0.508 e. The molecule has 2 fully saturated rings. The van der Waals surface area contributed by atoms with Crippen LogP contribution in [0.25, 0.3) is 0 Å². The molecule has 0 aliphatic carbocycles. The Bertz CT molecular complexity index is 1640. The van der Waals surface area contributed by atoms with E-state index >= 15 is 0 Å². The number of methoxy groups -OCH3 is 3. The van der Waals surface area contributed by atoms with E-state index in [2.05, 4.69) is 4.90 Å². The van der Waals surface area contributed by atoms with Gasteiger partial charge < -0.3 is 59.4 Å². The van der Waals surface area contributed by atoms with E-state index < -0.39 is 48.8 Å². The monoisotopic (exact) mass is 714 g/mol. The van der Waals surface area contributed by atoms with Crippen molar-refractivity contribution in [2.75, 3.05) is 54.1 Å². The Balaban J connectivity index is 1.35. The number of ether oxygens (including phenoxy) is 5. The van der Waals surface area contributed by atoms with Gasteiger partial charge in [-0.1, -0.05) is 18.2 Å². The molecule has 2 heterocycles. The maximum absolute atomic E-state index is 13.7. The van der Waals surface area contributed by atoms with Crippen molar-refractivity contribution in [2.24, 2.45) is 0 Å². The zero-order valence-corrected chi connectivity index (χ0v) is 28.8. The number of aliphatic hydroxyl groups is 4. The van der Waals surface area contributed by atoms with E-state index in [1.54, 1.807) is 33.5 Å². The van der Waals surface area contributed by atoms with Crippen molar-refractivity contribution < 1.29 is 64.2 Å². The van der Waals surface area contributed by atoms with Crippen LogP contribution in [0.5, 0.6) is 40.2 Å². The van der Waals surface area contributed by atoms with Crippen LogP contribution in [0, 0.1) is 0 Å². The van der Waals surface area contributed by atoms with Crippen LogP contribution in [0.4, 0.5) is 0 Å². The lowest BCUT2D eigenvalue weighted by atomic mass is 9.97. The average Bonchev–Trinajstić information content (AvgIpc) is 3.13. The van der Waals surface area contributed by atoms with E-state index in [1.165, 1.54) is 12.1 Å². The molecule has 0 bridgehead atoms. The van der Waals surface area contributed by atoms with Crippen LogP contribution in [-0.2, 0) is 24.2 Å². The number of piperazine rings is 1. The Kier molecular flexibility index (Phi) is 12.5. The molecule has 0 saturated carbocycles. The third-order valence-electron chi connectivity index (χ3n) is 9.32. The van der Waals surface area contributed by atoms with Gasteiger partial charge in [-0.15, -0.1) is 0 Å². The summed E-state index contributed by atoms with van der Waals surface area (Å²) in [7, 11) is 4.68. The summed E-state index contributed by atoms with van der Waals surface area (Å²) in [5.74, 6) is -0.0229. The average molecular weight is 715 g/mol. The number of rotatable bonds is 14. The second-order valence-electron chi connectivity index (χ2n) is 12.5. The minimum atomic E-state index is -1.79. The van der Waals surface area contributed by atoms with Crippen molar-refractivity contribution in [1.29, 1.82) is 0 Å². The highest BCUT2D eigenvalue weighted by molar-refractivity contribution is 6.02. The number of carbonyl (C=O) groups excluding carboxylic acids is 1. The first kappa shape index (κ1) is 37.9. The predicted octanol–water partition coefficient (Wildman–Crippen LogP) is 1.14. The molecule has 7 N–H and O–H groups in total. The number of Topliss-reactive ketones (excluding diaryl/α,β-unsaturated/α-hetero) is 1. The van der Waals surface area contributed by atoms with Crippen molar-refractivity contribution in [1.82, 2.24) is 9.80 Å². The third-order valence-corrected chi connectivity index (χ3v) is 9.32. The van der Waals surface area contributed by atoms with Gasteiger partial charge in [0.1, 0.15) is 53.0 Å². The fourth-order valence-corrected chi connectivity index (χ4v) is 6.38. The van der Waals surface area contributed by atoms with E-state index in [4.69, 9.17) is 23.7 Å².